The predicted molar refractivity (Wildman–Crippen MR) is 200 cm³/mol. The Kier molecular flexibility index (Phi) is 4.34. The molecule has 9 aromatic carbocycles. The van der Waals surface area contributed by atoms with Crippen LogP contribution in [0.1, 0.15) is 9.60 Å². The van der Waals surface area contributed by atoms with Crippen molar-refractivity contribution >= 4 is 65.0 Å². The quantitative estimate of drug-likeness (QED) is 0.183. The predicted octanol–water partition coefficient (Wildman–Crippen LogP) is 13.2. The van der Waals surface area contributed by atoms with Crippen molar-refractivity contribution in [3.8, 4) is 33.4 Å². The molecule has 0 radical (unpaired) electrons. The molecule has 0 amide bonds. The molecule has 0 saturated carbocycles. The largest absolute Gasteiger partial charge is 0.455 e. The summed E-state index contributed by atoms with van der Waals surface area (Å²) in [6.45, 7) is 0. The van der Waals surface area contributed by atoms with Gasteiger partial charge < -0.3 is 4.42 Å². The van der Waals surface area contributed by atoms with E-state index in [-0.39, 0.29) is 46.5 Å². The first-order chi connectivity index (χ1) is 26.2. The van der Waals surface area contributed by atoms with Gasteiger partial charge in [-0.25, -0.2) is 0 Å². The van der Waals surface area contributed by atoms with Gasteiger partial charge in [0.25, 0.3) is 0 Å². The summed E-state index contributed by atoms with van der Waals surface area (Å²) in [7, 11) is 0. The molecule has 0 N–H and O–H groups in total. The van der Waals surface area contributed by atoms with Gasteiger partial charge in [-0.2, -0.15) is 0 Å². The molecule has 0 aliphatic carbocycles. The lowest BCUT2D eigenvalue weighted by atomic mass is 9.85. The Bertz CT molecular complexity index is 3170. The van der Waals surface area contributed by atoms with Crippen LogP contribution in [-0.2, 0) is 0 Å². The molecule has 1 nitrogen and oxygen atoms in total. The van der Waals surface area contributed by atoms with Gasteiger partial charge in [-0.05, 0) is 89.3 Å². The molecule has 0 spiro atoms. The Morgan fingerprint density at radius 3 is 1.72 bits per heavy atom. The first-order valence-electron chi connectivity index (χ1n) is 19.1. The van der Waals surface area contributed by atoms with Crippen LogP contribution < -0.4 is 0 Å². The zero-order valence-corrected chi connectivity index (χ0v) is 25.0. The van der Waals surface area contributed by atoms with Gasteiger partial charge >= 0.3 is 0 Å². The Labute approximate surface area is 281 Å². The van der Waals surface area contributed by atoms with Crippen LogP contribution in [0.15, 0.2) is 174 Å². The molecule has 1 heterocycles. The molecule has 0 unspecified atom stereocenters. The third-order valence-electron chi connectivity index (χ3n) is 9.36. The zero-order chi connectivity index (χ0) is 37.0. The second-order valence-corrected chi connectivity index (χ2v) is 11.9. The van der Waals surface area contributed by atoms with Crippen molar-refractivity contribution in [3.63, 3.8) is 0 Å². The van der Waals surface area contributed by atoms with Crippen LogP contribution in [-0.4, -0.2) is 0 Å². The number of benzene rings is 9. The van der Waals surface area contributed by atoms with Gasteiger partial charge in [-0.1, -0.05) is 151 Å². The average molecular weight is 604 g/mol. The van der Waals surface area contributed by atoms with E-state index in [0.29, 0.717) is 5.56 Å². The Morgan fingerprint density at radius 2 is 0.979 bits per heavy atom. The summed E-state index contributed by atoms with van der Waals surface area (Å²) in [5, 5.41) is 8.69. The minimum absolute atomic E-state index is 0.0522. The lowest BCUT2D eigenvalue weighted by Gasteiger charge is -2.18. The van der Waals surface area contributed by atoms with E-state index in [1.54, 1.807) is 0 Å². The molecular formula is C46H28O. The first-order valence-corrected chi connectivity index (χ1v) is 15.6. The number of rotatable bonds is 3. The van der Waals surface area contributed by atoms with Crippen molar-refractivity contribution in [2.75, 3.05) is 0 Å². The van der Waals surface area contributed by atoms with E-state index in [1.165, 1.54) is 0 Å². The summed E-state index contributed by atoms with van der Waals surface area (Å²) in [5.74, 6) is 0. The van der Waals surface area contributed by atoms with Crippen LogP contribution in [0.3, 0.4) is 0 Å². The van der Waals surface area contributed by atoms with E-state index < -0.39 is 12.1 Å². The van der Waals surface area contributed by atoms with Gasteiger partial charge in [0.15, 0.2) is 0 Å². The maximum Gasteiger partial charge on any atom is 0.143 e. The van der Waals surface area contributed by atoms with Gasteiger partial charge in [-0.15, -0.1) is 0 Å². The molecular weight excluding hydrogens is 569 g/mol. The smallest absolute Gasteiger partial charge is 0.143 e. The summed E-state index contributed by atoms with van der Waals surface area (Å²) in [4.78, 5) is 0. The first kappa shape index (κ1) is 20.0. The lowest BCUT2D eigenvalue weighted by Crippen LogP contribution is -1.91. The molecule has 1 aromatic heterocycles. The third kappa shape index (κ3) is 3.97. The molecule has 0 atom stereocenters. The molecule has 10 aromatic rings. The second kappa shape index (κ2) is 10.2. The summed E-state index contributed by atoms with van der Waals surface area (Å²) < 4.78 is 66.1. The lowest BCUT2D eigenvalue weighted by molar-refractivity contribution is 0.672. The van der Waals surface area contributed by atoms with Crippen LogP contribution in [0.25, 0.3) is 98.4 Å². The monoisotopic (exact) mass is 603 g/mol. The van der Waals surface area contributed by atoms with Crippen molar-refractivity contribution < 1.29 is 14.0 Å². The van der Waals surface area contributed by atoms with Crippen LogP contribution in [0.5, 0.6) is 0 Å². The molecule has 0 bridgehead atoms. The highest BCUT2D eigenvalue weighted by Gasteiger charge is 2.18. The van der Waals surface area contributed by atoms with E-state index in [4.69, 9.17) is 14.0 Å². The van der Waals surface area contributed by atoms with Crippen LogP contribution in [0.4, 0.5) is 0 Å². The fourth-order valence-electron chi connectivity index (χ4n) is 7.24. The number of hydrogen-bond donors (Lipinski definition) is 0. The van der Waals surface area contributed by atoms with E-state index in [1.807, 2.05) is 48.5 Å². The number of furan rings is 1. The molecule has 47 heavy (non-hydrogen) atoms. The maximum absolute atomic E-state index is 8.84. The van der Waals surface area contributed by atoms with Crippen molar-refractivity contribution in [2.45, 2.75) is 0 Å². The fraction of sp³-hybridized carbons (Fsp3) is 0. The fourth-order valence-corrected chi connectivity index (χ4v) is 7.24. The minimum atomic E-state index is -0.465. The summed E-state index contributed by atoms with van der Waals surface area (Å²) in [5.41, 5.74) is 6.64. The van der Waals surface area contributed by atoms with Gasteiger partial charge in [0.2, 0.25) is 0 Å². The summed E-state index contributed by atoms with van der Waals surface area (Å²) in [6, 6.07) is 40.8. The van der Waals surface area contributed by atoms with Gasteiger partial charge in [0.1, 0.15) is 11.2 Å². The SMILES string of the molecule is [2H]c1c([2H])c([2H])c2c(-c3ccc(-c4c5ccccc5c(-c5ccc6oc7c8ccccc8ccc7c6c5)c5ccccc45)cc3)c([2H])c([2H])c([2H])c2c1[2H]. The summed E-state index contributed by atoms with van der Waals surface area (Å²) >= 11 is 0. The van der Waals surface area contributed by atoms with Gasteiger partial charge in [0.05, 0.1) is 9.60 Å². The van der Waals surface area contributed by atoms with Gasteiger partial charge in [-0.3, -0.25) is 0 Å². The molecule has 0 saturated heterocycles. The normalized spacial score (nSPS) is 13.9. The van der Waals surface area contributed by atoms with Crippen LogP contribution >= 0.6 is 0 Å². The van der Waals surface area contributed by atoms with E-state index in [9.17, 15) is 0 Å². The molecule has 1 heteroatoms. The van der Waals surface area contributed by atoms with Crippen molar-refractivity contribution in [1.29, 1.82) is 0 Å². The standard InChI is InChI=1S/C46H28O/c1-3-13-34-29(10-1)12-9-19-35(34)31-20-22-32(23-21-31)44-37-15-5-7-17-39(37)45(40-18-8-6-16-38(40)44)33-25-27-43-42(28-33)41-26-24-30-11-2-4-14-36(30)46(41)47-43/h1-28H/i1D,3D,9D,10D,12D,13D,19D. The molecule has 0 aliphatic heterocycles. The average Bonchev–Trinajstić information content (AvgIpc) is 3.59. The van der Waals surface area contributed by atoms with Crippen molar-refractivity contribution in [3.05, 3.63) is 170 Å². The zero-order valence-electron chi connectivity index (χ0n) is 32.0. The Balaban J connectivity index is 1.19. The van der Waals surface area contributed by atoms with Gasteiger partial charge in [0, 0.05) is 16.2 Å². The van der Waals surface area contributed by atoms with E-state index >= 15 is 0 Å². The molecule has 0 fully saturated rings. The van der Waals surface area contributed by atoms with E-state index in [0.717, 1.165) is 76.5 Å². The van der Waals surface area contributed by atoms with Crippen LogP contribution in [0, 0.1) is 0 Å². The molecule has 10 rings (SSSR count). The van der Waals surface area contributed by atoms with Crippen molar-refractivity contribution in [2.24, 2.45) is 0 Å². The molecule has 218 valence electrons. The van der Waals surface area contributed by atoms with Crippen LogP contribution in [0.2, 0.25) is 0 Å². The highest BCUT2D eigenvalue weighted by Crippen LogP contribution is 2.45. The number of hydrogen-bond acceptors (Lipinski definition) is 1. The topological polar surface area (TPSA) is 13.1 Å². The highest BCUT2D eigenvalue weighted by atomic mass is 16.3. The minimum Gasteiger partial charge on any atom is -0.455 e. The number of fused-ring (bicyclic) bond motifs is 8. The molecule has 0 aliphatic rings. The maximum atomic E-state index is 8.84. The Hall–Kier alpha value is -6.18. The highest BCUT2D eigenvalue weighted by molar-refractivity contribution is 6.23. The Morgan fingerprint density at radius 1 is 0.383 bits per heavy atom. The van der Waals surface area contributed by atoms with Crippen molar-refractivity contribution in [1.82, 2.24) is 0 Å². The third-order valence-corrected chi connectivity index (χ3v) is 9.36. The second-order valence-electron chi connectivity index (χ2n) is 11.9. The van der Waals surface area contributed by atoms with E-state index in [2.05, 4.69) is 78.9 Å². The summed E-state index contributed by atoms with van der Waals surface area (Å²) in [6.07, 6.45) is 0.